The van der Waals surface area contributed by atoms with Gasteiger partial charge in [-0.05, 0) is 30.6 Å². The van der Waals surface area contributed by atoms with Crippen LogP contribution in [0.3, 0.4) is 0 Å². The van der Waals surface area contributed by atoms with E-state index in [4.69, 9.17) is 0 Å². The van der Waals surface area contributed by atoms with Crippen molar-refractivity contribution in [2.45, 2.75) is 52.5 Å². The molecular weight excluding hydrogens is 276 g/mol. The molecule has 2 saturated heterocycles. The van der Waals surface area contributed by atoms with Gasteiger partial charge in [0.05, 0.1) is 5.75 Å². The zero-order chi connectivity index (χ0) is 15.0. The van der Waals surface area contributed by atoms with Crippen LogP contribution in [0.4, 0.5) is 0 Å². The number of rotatable bonds is 3. The van der Waals surface area contributed by atoms with Crippen LogP contribution in [0, 0.1) is 11.3 Å². The summed E-state index contributed by atoms with van der Waals surface area (Å²) in [5, 5.41) is 2.99. The average molecular weight is 302 g/mol. The Hall–Kier alpha value is -0.620. The second kappa shape index (κ2) is 5.64. The van der Waals surface area contributed by atoms with Crippen molar-refractivity contribution < 1.29 is 13.2 Å². The first kappa shape index (κ1) is 15.8. The van der Waals surface area contributed by atoms with E-state index in [-0.39, 0.29) is 29.0 Å². The normalized spacial score (nSPS) is 28.9. The van der Waals surface area contributed by atoms with Gasteiger partial charge in [-0.25, -0.2) is 12.7 Å². The molecule has 1 N–H and O–H groups in total. The summed E-state index contributed by atoms with van der Waals surface area (Å²) in [7, 11) is -3.16. The van der Waals surface area contributed by atoms with Crippen LogP contribution in [-0.4, -0.2) is 43.5 Å². The quantitative estimate of drug-likeness (QED) is 0.856. The van der Waals surface area contributed by atoms with Crippen LogP contribution in [0.25, 0.3) is 0 Å². The van der Waals surface area contributed by atoms with Gasteiger partial charge in [-0.15, -0.1) is 0 Å². The van der Waals surface area contributed by atoms with Gasteiger partial charge in [0.2, 0.25) is 15.9 Å². The maximum absolute atomic E-state index is 12.4. The molecule has 0 saturated carbocycles. The van der Waals surface area contributed by atoms with E-state index in [1.165, 1.54) is 0 Å². The maximum Gasteiger partial charge on any atom is 0.220 e. The summed E-state index contributed by atoms with van der Waals surface area (Å²) in [6.45, 7) is 7.29. The Labute approximate surface area is 122 Å². The van der Waals surface area contributed by atoms with E-state index in [1.54, 1.807) is 4.31 Å². The molecule has 2 heterocycles. The minimum Gasteiger partial charge on any atom is -0.353 e. The Morgan fingerprint density at radius 1 is 1.30 bits per heavy atom. The van der Waals surface area contributed by atoms with Crippen LogP contribution in [0.1, 0.15) is 46.5 Å². The lowest BCUT2D eigenvalue weighted by atomic mass is 9.86. The second-order valence-electron chi connectivity index (χ2n) is 7.25. The number of piperidine rings is 2. The number of hydrogen-bond acceptors (Lipinski definition) is 3. The van der Waals surface area contributed by atoms with Crippen LogP contribution in [-0.2, 0) is 14.8 Å². The highest BCUT2D eigenvalue weighted by atomic mass is 32.2. The van der Waals surface area contributed by atoms with Gasteiger partial charge in [0.15, 0.2) is 0 Å². The molecule has 6 heteroatoms. The first-order valence-corrected chi connectivity index (χ1v) is 9.05. The molecule has 0 spiro atoms. The minimum absolute atomic E-state index is 0.0319. The number of nitrogens with zero attached hydrogens (tertiary/aromatic N) is 1. The minimum atomic E-state index is -3.16. The molecule has 0 aromatic heterocycles. The fraction of sp³-hybridized carbons (Fsp3) is 0.929. The molecule has 20 heavy (non-hydrogen) atoms. The van der Waals surface area contributed by atoms with Gasteiger partial charge in [-0.1, -0.05) is 20.8 Å². The molecule has 0 radical (unpaired) electrons. The lowest BCUT2D eigenvalue weighted by Gasteiger charge is -2.40. The number of sulfonamides is 1. The third kappa shape index (κ3) is 3.95. The van der Waals surface area contributed by atoms with E-state index in [0.29, 0.717) is 25.9 Å². The molecule has 2 aliphatic rings. The van der Waals surface area contributed by atoms with Gasteiger partial charge in [0, 0.05) is 25.6 Å². The Morgan fingerprint density at radius 2 is 2.00 bits per heavy atom. The van der Waals surface area contributed by atoms with Gasteiger partial charge < -0.3 is 5.32 Å². The lowest BCUT2D eigenvalue weighted by molar-refractivity contribution is -0.124. The van der Waals surface area contributed by atoms with E-state index in [9.17, 15) is 13.2 Å². The number of hydrogen-bond donors (Lipinski definition) is 1. The van der Waals surface area contributed by atoms with Crippen LogP contribution < -0.4 is 5.32 Å². The number of carbonyl (C=O) groups excluding carboxylic acids is 1. The molecule has 2 fully saturated rings. The fourth-order valence-corrected chi connectivity index (χ4v) is 4.82. The van der Waals surface area contributed by atoms with Gasteiger partial charge in [0.1, 0.15) is 0 Å². The van der Waals surface area contributed by atoms with E-state index in [0.717, 1.165) is 12.8 Å². The van der Waals surface area contributed by atoms with Crippen molar-refractivity contribution in [2.75, 3.05) is 18.8 Å². The molecule has 0 aliphatic carbocycles. The molecule has 0 bridgehead atoms. The van der Waals surface area contributed by atoms with Crippen LogP contribution >= 0.6 is 0 Å². The summed E-state index contributed by atoms with van der Waals surface area (Å²) in [5.74, 6) is 0.612. The average Bonchev–Trinajstić information content (AvgIpc) is 2.35. The summed E-state index contributed by atoms with van der Waals surface area (Å²) < 4.78 is 26.5. The summed E-state index contributed by atoms with van der Waals surface area (Å²) in [6.07, 6.45) is 2.75. The molecule has 5 nitrogen and oxygen atoms in total. The highest BCUT2D eigenvalue weighted by Gasteiger charge is 2.37. The molecule has 2 atom stereocenters. The van der Waals surface area contributed by atoms with Crippen molar-refractivity contribution in [1.29, 1.82) is 0 Å². The molecule has 116 valence electrons. The molecule has 1 amide bonds. The maximum atomic E-state index is 12.4. The van der Waals surface area contributed by atoms with Gasteiger partial charge in [0.25, 0.3) is 0 Å². The van der Waals surface area contributed by atoms with Gasteiger partial charge in [-0.3, -0.25) is 4.79 Å². The molecule has 2 rings (SSSR count). The topological polar surface area (TPSA) is 66.5 Å². The smallest absolute Gasteiger partial charge is 0.220 e. The summed E-state index contributed by atoms with van der Waals surface area (Å²) in [4.78, 5) is 11.4. The summed E-state index contributed by atoms with van der Waals surface area (Å²) in [5.41, 5.74) is 0.0319. The van der Waals surface area contributed by atoms with Gasteiger partial charge in [-0.2, -0.15) is 0 Å². The predicted molar refractivity (Wildman–Crippen MR) is 78.7 cm³/mol. The first-order chi connectivity index (χ1) is 9.17. The number of amides is 1. The monoisotopic (exact) mass is 302 g/mol. The molecule has 2 aliphatic heterocycles. The van der Waals surface area contributed by atoms with E-state index in [2.05, 4.69) is 26.1 Å². The number of nitrogens with one attached hydrogen (secondary N) is 1. The van der Waals surface area contributed by atoms with E-state index < -0.39 is 10.0 Å². The highest BCUT2D eigenvalue weighted by Crippen LogP contribution is 2.28. The number of carbonyl (C=O) groups is 1. The Balaban J connectivity index is 1.95. The zero-order valence-electron chi connectivity index (χ0n) is 12.7. The van der Waals surface area contributed by atoms with Crippen LogP contribution in [0.2, 0.25) is 0 Å². The predicted octanol–water partition coefficient (Wildman–Crippen LogP) is 1.35. The van der Waals surface area contributed by atoms with Crippen molar-refractivity contribution in [1.82, 2.24) is 9.62 Å². The van der Waals surface area contributed by atoms with Crippen LogP contribution in [0.15, 0.2) is 0 Å². The second-order valence-corrected chi connectivity index (χ2v) is 9.33. The van der Waals surface area contributed by atoms with Crippen molar-refractivity contribution in [3.8, 4) is 0 Å². The number of fused-ring (bicyclic) bond motifs is 1. The molecule has 2 unspecified atom stereocenters. The summed E-state index contributed by atoms with van der Waals surface area (Å²) >= 11 is 0. The summed E-state index contributed by atoms with van der Waals surface area (Å²) in [6, 6.07) is 0.172. The Bertz CT molecular complexity index is 467. The molecular formula is C14H26N2O3S. The van der Waals surface area contributed by atoms with E-state index >= 15 is 0 Å². The largest absolute Gasteiger partial charge is 0.353 e. The third-order valence-electron chi connectivity index (χ3n) is 4.29. The van der Waals surface area contributed by atoms with E-state index in [1.807, 2.05) is 0 Å². The molecule has 0 aromatic rings. The first-order valence-electron chi connectivity index (χ1n) is 7.45. The van der Waals surface area contributed by atoms with Crippen molar-refractivity contribution in [3.63, 3.8) is 0 Å². The SMILES string of the molecule is CC(C)(C)CCS(=O)(=O)N1CCC2NC(=O)CCC2C1. The Kier molecular flexibility index (Phi) is 4.44. The Morgan fingerprint density at radius 3 is 2.65 bits per heavy atom. The molecule has 0 aromatic carbocycles. The fourth-order valence-electron chi connectivity index (χ4n) is 2.89. The highest BCUT2D eigenvalue weighted by molar-refractivity contribution is 7.89. The van der Waals surface area contributed by atoms with Gasteiger partial charge >= 0.3 is 0 Å². The van der Waals surface area contributed by atoms with Crippen molar-refractivity contribution in [2.24, 2.45) is 11.3 Å². The van der Waals surface area contributed by atoms with Crippen molar-refractivity contribution in [3.05, 3.63) is 0 Å². The van der Waals surface area contributed by atoms with Crippen molar-refractivity contribution >= 4 is 15.9 Å². The standard InChI is InChI=1S/C14H26N2O3S/c1-14(2,3)7-9-20(18,19)16-8-6-12-11(10-16)4-5-13(17)15-12/h11-12H,4-10H2,1-3H3,(H,15,17). The third-order valence-corrected chi connectivity index (χ3v) is 6.13. The van der Waals surface area contributed by atoms with Crippen LogP contribution in [0.5, 0.6) is 0 Å². The zero-order valence-corrected chi connectivity index (χ0v) is 13.5. The lowest BCUT2D eigenvalue weighted by Crippen LogP contribution is -2.55.